The summed E-state index contributed by atoms with van der Waals surface area (Å²) in [5, 5.41) is 3.00. The number of imidazole rings is 1. The first-order chi connectivity index (χ1) is 9.20. The van der Waals surface area contributed by atoms with Crippen LogP contribution in [0.1, 0.15) is 26.1 Å². The number of hydrogen-bond donors (Lipinski definition) is 1. The topological polar surface area (TPSA) is 46.9 Å². The molecule has 4 nitrogen and oxygen atoms in total. The molecule has 100 valence electrons. The monoisotopic (exact) mass is 257 g/mol. The van der Waals surface area contributed by atoms with E-state index in [1.165, 1.54) is 0 Å². The van der Waals surface area contributed by atoms with Crippen LogP contribution in [0.25, 0.3) is 11.0 Å². The molecule has 0 aliphatic heterocycles. The van der Waals surface area contributed by atoms with Gasteiger partial charge in [0.2, 0.25) is 5.91 Å². The number of amides is 1. The molecule has 2 atom stereocenters. The van der Waals surface area contributed by atoms with E-state index in [0.29, 0.717) is 12.5 Å². The molecule has 2 aromatic rings. The summed E-state index contributed by atoms with van der Waals surface area (Å²) < 4.78 is 2.16. The lowest BCUT2D eigenvalue weighted by Crippen LogP contribution is -2.26. The summed E-state index contributed by atoms with van der Waals surface area (Å²) in [5.41, 5.74) is 2.13. The molecule has 0 spiro atoms. The Morgan fingerprint density at radius 1 is 1.47 bits per heavy atom. The molecular weight excluding hydrogens is 238 g/mol. The fourth-order valence-corrected chi connectivity index (χ4v) is 2.60. The van der Waals surface area contributed by atoms with E-state index in [1.807, 2.05) is 18.2 Å². The van der Waals surface area contributed by atoms with Gasteiger partial charge in [-0.05, 0) is 31.4 Å². The van der Waals surface area contributed by atoms with Crippen molar-refractivity contribution in [2.24, 2.45) is 11.8 Å². The van der Waals surface area contributed by atoms with Gasteiger partial charge in [-0.1, -0.05) is 19.1 Å². The minimum Gasteiger partial charge on any atom is -0.349 e. The van der Waals surface area contributed by atoms with Gasteiger partial charge in [-0.15, -0.1) is 0 Å². The Morgan fingerprint density at radius 2 is 2.21 bits per heavy atom. The molecule has 19 heavy (non-hydrogen) atoms. The van der Waals surface area contributed by atoms with E-state index in [-0.39, 0.29) is 11.8 Å². The number of carbonyl (C=O) groups excluding carboxylic acids is 1. The highest BCUT2D eigenvalue weighted by Gasteiger charge is 2.38. The van der Waals surface area contributed by atoms with Gasteiger partial charge >= 0.3 is 0 Å². The SMILES string of the molecule is CCn1c(CNC(=O)[C@H]2C[C@H]2C)nc2ccccc21. The maximum atomic E-state index is 11.9. The molecule has 1 N–H and O–H groups in total. The fraction of sp³-hybridized carbons (Fsp3) is 0.467. The summed E-state index contributed by atoms with van der Waals surface area (Å²) in [6.45, 7) is 5.60. The molecule has 1 aliphatic carbocycles. The van der Waals surface area contributed by atoms with Crippen LogP contribution in [0.2, 0.25) is 0 Å². The van der Waals surface area contributed by atoms with E-state index >= 15 is 0 Å². The van der Waals surface area contributed by atoms with Crippen LogP contribution in [0.5, 0.6) is 0 Å². The number of nitrogens with zero attached hydrogens (tertiary/aromatic N) is 2. The van der Waals surface area contributed by atoms with Crippen LogP contribution in [0.15, 0.2) is 24.3 Å². The Hall–Kier alpha value is -1.84. The number of fused-ring (bicyclic) bond motifs is 1. The molecular formula is C15H19N3O. The predicted octanol–water partition coefficient (Wildman–Crippen LogP) is 2.33. The summed E-state index contributed by atoms with van der Waals surface area (Å²) in [5.74, 6) is 1.87. The van der Waals surface area contributed by atoms with Crippen molar-refractivity contribution < 1.29 is 4.79 Å². The molecule has 3 rings (SSSR count). The number of hydrogen-bond acceptors (Lipinski definition) is 2. The molecule has 0 radical (unpaired) electrons. The Labute approximate surface area is 112 Å². The quantitative estimate of drug-likeness (QED) is 0.913. The maximum absolute atomic E-state index is 11.9. The van der Waals surface area contributed by atoms with Gasteiger partial charge in [-0.3, -0.25) is 4.79 Å². The van der Waals surface area contributed by atoms with Crippen molar-refractivity contribution >= 4 is 16.9 Å². The number of nitrogens with one attached hydrogen (secondary N) is 1. The molecule has 1 aromatic carbocycles. The molecule has 1 amide bonds. The normalized spacial score (nSPS) is 21.6. The third-order valence-electron chi connectivity index (χ3n) is 3.92. The third-order valence-corrected chi connectivity index (χ3v) is 3.92. The van der Waals surface area contributed by atoms with Crippen molar-refractivity contribution in [3.8, 4) is 0 Å². The summed E-state index contributed by atoms with van der Waals surface area (Å²) >= 11 is 0. The maximum Gasteiger partial charge on any atom is 0.223 e. The second kappa shape index (κ2) is 4.68. The third kappa shape index (κ3) is 2.23. The van der Waals surface area contributed by atoms with Gasteiger partial charge in [0.15, 0.2) is 0 Å². The van der Waals surface area contributed by atoms with Crippen molar-refractivity contribution in [2.45, 2.75) is 33.4 Å². The van der Waals surface area contributed by atoms with E-state index in [1.54, 1.807) is 0 Å². The number of carbonyl (C=O) groups is 1. The summed E-state index contributed by atoms with van der Waals surface area (Å²) in [7, 11) is 0. The molecule has 1 heterocycles. The number of benzene rings is 1. The molecule has 4 heteroatoms. The van der Waals surface area contributed by atoms with Gasteiger partial charge in [-0.25, -0.2) is 4.98 Å². The first kappa shape index (κ1) is 12.2. The van der Waals surface area contributed by atoms with E-state index in [9.17, 15) is 4.79 Å². The average molecular weight is 257 g/mol. The largest absolute Gasteiger partial charge is 0.349 e. The summed E-state index contributed by atoms with van der Waals surface area (Å²) in [6, 6.07) is 8.09. The van der Waals surface area contributed by atoms with Gasteiger partial charge in [-0.2, -0.15) is 0 Å². The van der Waals surface area contributed by atoms with Crippen LogP contribution < -0.4 is 5.32 Å². The van der Waals surface area contributed by atoms with E-state index < -0.39 is 0 Å². The smallest absolute Gasteiger partial charge is 0.223 e. The lowest BCUT2D eigenvalue weighted by Gasteiger charge is -2.07. The van der Waals surface area contributed by atoms with Crippen LogP contribution in [-0.2, 0) is 17.9 Å². The van der Waals surface area contributed by atoms with Crippen LogP contribution in [0, 0.1) is 11.8 Å². The second-order valence-electron chi connectivity index (χ2n) is 5.30. The zero-order chi connectivity index (χ0) is 13.4. The highest BCUT2D eigenvalue weighted by atomic mass is 16.2. The minimum absolute atomic E-state index is 0.169. The van der Waals surface area contributed by atoms with Crippen molar-refractivity contribution in [1.29, 1.82) is 0 Å². The van der Waals surface area contributed by atoms with Gasteiger partial charge in [0.1, 0.15) is 5.82 Å². The standard InChI is InChI=1S/C15H19N3O/c1-3-18-13-7-5-4-6-12(13)17-14(18)9-16-15(19)11-8-10(11)2/h4-7,10-11H,3,8-9H2,1-2H3,(H,16,19)/t10-,11+/m1/s1. The van der Waals surface area contributed by atoms with Crippen LogP contribution in [0.3, 0.4) is 0 Å². The van der Waals surface area contributed by atoms with Gasteiger partial charge in [0.05, 0.1) is 17.6 Å². The average Bonchev–Trinajstić information content (AvgIpc) is 3.04. The number of para-hydroxylation sites is 2. The first-order valence-corrected chi connectivity index (χ1v) is 6.92. The minimum atomic E-state index is 0.169. The lowest BCUT2D eigenvalue weighted by molar-refractivity contribution is -0.122. The number of aryl methyl sites for hydroxylation is 1. The molecule has 1 aromatic heterocycles. The van der Waals surface area contributed by atoms with Crippen molar-refractivity contribution in [3.05, 3.63) is 30.1 Å². The van der Waals surface area contributed by atoms with Crippen LogP contribution >= 0.6 is 0 Å². The summed E-state index contributed by atoms with van der Waals surface area (Å²) in [4.78, 5) is 16.5. The Bertz CT molecular complexity index is 617. The highest BCUT2D eigenvalue weighted by Crippen LogP contribution is 2.37. The lowest BCUT2D eigenvalue weighted by atomic mass is 10.3. The molecule has 0 unspecified atom stereocenters. The van der Waals surface area contributed by atoms with Gasteiger partial charge in [0.25, 0.3) is 0 Å². The molecule has 1 fully saturated rings. The van der Waals surface area contributed by atoms with Crippen molar-refractivity contribution in [1.82, 2.24) is 14.9 Å². The van der Waals surface area contributed by atoms with E-state index in [0.717, 1.165) is 29.8 Å². The van der Waals surface area contributed by atoms with Crippen molar-refractivity contribution in [3.63, 3.8) is 0 Å². The van der Waals surface area contributed by atoms with E-state index in [4.69, 9.17) is 0 Å². The van der Waals surface area contributed by atoms with Gasteiger partial charge in [0, 0.05) is 12.5 Å². The second-order valence-corrected chi connectivity index (χ2v) is 5.30. The molecule has 1 aliphatic rings. The summed E-state index contributed by atoms with van der Waals surface area (Å²) in [6.07, 6.45) is 1.02. The first-order valence-electron chi connectivity index (χ1n) is 6.92. The number of aromatic nitrogens is 2. The number of rotatable bonds is 4. The zero-order valence-electron chi connectivity index (χ0n) is 11.4. The molecule has 0 bridgehead atoms. The Kier molecular flexibility index (Phi) is 3.01. The highest BCUT2D eigenvalue weighted by molar-refractivity contribution is 5.81. The Balaban J connectivity index is 1.78. The van der Waals surface area contributed by atoms with Crippen molar-refractivity contribution in [2.75, 3.05) is 0 Å². The fourth-order valence-electron chi connectivity index (χ4n) is 2.60. The predicted molar refractivity (Wildman–Crippen MR) is 74.5 cm³/mol. The van der Waals surface area contributed by atoms with Gasteiger partial charge < -0.3 is 9.88 Å². The van der Waals surface area contributed by atoms with Crippen LogP contribution in [0.4, 0.5) is 0 Å². The van der Waals surface area contributed by atoms with E-state index in [2.05, 4.69) is 34.8 Å². The van der Waals surface area contributed by atoms with Crippen LogP contribution in [-0.4, -0.2) is 15.5 Å². The Morgan fingerprint density at radius 3 is 2.89 bits per heavy atom. The zero-order valence-corrected chi connectivity index (χ0v) is 11.4. The molecule has 1 saturated carbocycles. The molecule has 0 saturated heterocycles.